The van der Waals surface area contributed by atoms with Crippen molar-refractivity contribution in [2.24, 2.45) is 5.92 Å². The standard InChI is InChI=1S/C24H27ClN4O3/c1-14(2)21(28-22(30)16-9-5-7-11-18(16)25)24(32)29(15(3)4)13-20-26-19-12-8-6-10-17(19)23(31)27-20/h5-12,14-15,21H,13H2,1-4H3,(H,28,30)(H,26,27,31). The summed E-state index contributed by atoms with van der Waals surface area (Å²) in [6.45, 7) is 7.60. The van der Waals surface area contributed by atoms with Gasteiger partial charge in [-0.25, -0.2) is 4.98 Å². The predicted molar refractivity (Wildman–Crippen MR) is 126 cm³/mol. The van der Waals surface area contributed by atoms with E-state index in [9.17, 15) is 14.4 Å². The van der Waals surface area contributed by atoms with Crippen LogP contribution < -0.4 is 10.9 Å². The minimum absolute atomic E-state index is 0.113. The van der Waals surface area contributed by atoms with Gasteiger partial charge in [-0.2, -0.15) is 0 Å². The second-order valence-corrected chi connectivity index (χ2v) is 8.67. The van der Waals surface area contributed by atoms with Crippen molar-refractivity contribution in [1.82, 2.24) is 20.2 Å². The number of aromatic nitrogens is 2. The van der Waals surface area contributed by atoms with Gasteiger partial charge in [-0.15, -0.1) is 0 Å². The molecule has 0 radical (unpaired) electrons. The first-order valence-corrected chi connectivity index (χ1v) is 10.9. The zero-order chi connectivity index (χ0) is 23.4. The highest BCUT2D eigenvalue weighted by Crippen LogP contribution is 2.17. The summed E-state index contributed by atoms with van der Waals surface area (Å²) >= 11 is 6.15. The van der Waals surface area contributed by atoms with Crippen molar-refractivity contribution in [2.45, 2.75) is 46.3 Å². The zero-order valence-corrected chi connectivity index (χ0v) is 19.3. The second kappa shape index (κ2) is 9.96. The normalized spacial score (nSPS) is 12.2. The fraction of sp³-hybridized carbons (Fsp3) is 0.333. The van der Waals surface area contributed by atoms with Crippen molar-refractivity contribution in [2.75, 3.05) is 0 Å². The van der Waals surface area contributed by atoms with E-state index in [1.165, 1.54) is 0 Å². The highest BCUT2D eigenvalue weighted by Gasteiger charge is 2.31. The number of fused-ring (bicyclic) bond motifs is 1. The molecule has 0 saturated heterocycles. The Morgan fingerprint density at radius 2 is 1.72 bits per heavy atom. The van der Waals surface area contributed by atoms with Gasteiger partial charge in [0.1, 0.15) is 11.9 Å². The number of benzene rings is 2. The first-order chi connectivity index (χ1) is 15.2. The summed E-state index contributed by atoms with van der Waals surface area (Å²) in [5, 5.41) is 3.64. The van der Waals surface area contributed by atoms with Gasteiger partial charge in [0.15, 0.2) is 0 Å². The van der Waals surface area contributed by atoms with Crippen molar-refractivity contribution < 1.29 is 9.59 Å². The molecular formula is C24H27ClN4O3. The fourth-order valence-electron chi connectivity index (χ4n) is 3.44. The molecule has 3 aromatic rings. The summed E-state index contributed by atoms with van der Waals surface area (Å²) in [5.74, 6) is -0.454. The van der Waals surface area contributed by atoms with Crippen molar-refractivity contribution in [1.29, 1.82) is 0 Å². The molecule has 0 saturated carbocycles. The lowest BCUT2D eigenvalue weighted by Gasteiger charge is -2.32. The SMILES string of the molecule is CC(C)C(NC(=O)c1ccccc1Cl)C(=O)N(Cc1nc2ccccc2c(=O)[nH]1)C(C)C. The van der Waals surface area contributed by atoms with E-state index in [1.807, 2.05) is 33.8 Å². The zero-order valence-electron chi connectivity index (χ0n) is 18.6. The number of carbonyl (C=O) groups is 2. The topological polar surface area (TPSA) is 95.2 Å². The third-order valence-electron chi connectivity index (χ3n) is 5.23. The Bertz CT molecular complexity index is 1190. The molecule has 0 fully saturated rings. The van der Waals surface area contributed by atoms with Crippen LogP contribution in [-0.2, 0) is 11.3 Å². The van der Waals surface area contributed by atoms with E-state index in [2.05, 4.69) is 15.3 Å². The van der Waals surface area contributed by atoms with Crippen molar-refractivity contribution in [3.63, 3.8) is 0 Å². The van der Waals surface area contributed by atoms with Crippen molar-refractivity contribution >= 4 is 34.3 Å². The van der Waals surface area contributed by atoms with Gasteiger partial charge in [0.05, 0.1) is 28.0 Å². The molecule has 8 heteroatoms. The van der Waals surface area contributed by atoms with E-state index in [4.69, 9.17) is 11.6 Å². The number of hydrogen-bond acceptors (Lipinski definition) is 4. The van der Waals surface area contributed by atoms with E-state index in [-0.39, 0.29) is 30.0 Å². The molecule has 1 aromatic heterocycles. The number of amides is 2. The number of para-hydroxylation sites is 1. The van der Waals surface area contributed by atoms with Crippen LogP contribution in [0.15, 0.2) is 53.3 Å². The van der Waals surface area contributed by atoms with Crippen LogP contribution in [0.4, 0.5) is 0 Å². The van der Waals surface area contributed by atoms with Gasteiger partial charge in [-0.05, 0) is 44.0 Å². The molecule has 0 aliphatic carbocycles. The van der Waals surface area contributed by atoms with Gasteiger partial charge in [0, 0.05) is 6.04 Å². The molecule has 0 aliphatic heterocycles. The molecule has 0 aliphatic rings. The molecule has 168 valence electrons. The van der Waals surface area contributed by atoms with Crippen LogP contribution >= 0.6 is 11.6 Å². The van der Waals surface area contributed by atoms with Gasteiger partial charge in [-0.1, -0.05) is 49.7 Å². The van der Waals surface area contributed by atoms with Crippen LogP contribution in [0.3, 0.4) is 0 Å². The van der Waals surface area contributed by atoms with Gasteiger partial charge in [-0.3, -0.25) is 14.4 Å². The molecule has 2 N–H and O–H groups in total. The van der Waals surface area contributed by atoms with Crippen LogP contribution in [0.25, 0.3) is 10.9 Å². The number of rotatable bonds is 7. The molecule has 0 bridgehead atoms. The van der Waals surface area contributed by atoms with Crippen molar-refractivity contribution in [3.8, 4) is 0 Å². The smallest absolute Gasteiger partial charge is 0.258 e. The largest absolute Gasteiger partial charge is 0.340 e. The number of halogens is 1. The molecule has 2 amide bonds. The molecule has 0 spiro atoms. The molecule has 1 atom stereocenters. The highest BCUT2D eigenvalue weighted by molar-refractivity contribution is 6.33. The molecule has 1 unspecified atom stereocenters. The number of aromatic amines is 1. The van der Waals surface area contributed by atoms with Crippen LogP contribution in [0.1, 0.15) is 43.9 Å². The van der Waals surface area contributed by atoms with Crippen LogP contribution in [0, 0.1) is 5.92 Å². The van der Waals surface area contributed by atoms with Gasteiger partial charge >= 0.3 is 0 Å². The molecular weight excluding hydrogens is 428 g/mol. The lowest BCUT2D eigenvalue weighted by Crippen LogP contribution is -2.53. The first kappa shape index (κ1) is 23.5. The van der Waals surface area contributed by atoms with Gasteiger partial charge in [0.25, 0.3) is 11.5 Å². The van der Waals surface area contributed by atoms with Crippen LogP contribution in [0.2, 0.25) is 5.02 Å². The molecule has 2 aromatic carbocycles. The van der Waals surface area contributed by atoms with Gasteiger partial charge < -0.3 is 15.2 Å². The summed E-state index contributed by atoms with van der Waals surface area (Å²) < 4.78 is 0. The van der Waals surface area contributed by atoms with E-state index >= 15 is 0 Å². The summed E-state index contributed by atoms with van der Waals surface area (Å²) in [6, 6.07) is 12.8. The highest BCUT2D eigenvalue weighted by atomic mass is 35.5. The minimum atomic E-state index is -0.770. The summed E-state index contributed by atoms with van der Waals surface area (Å²) in [7, 11) is 0. The number of nitrogens with zero attached hydrogens (tertiary/aromatic N) is 2. The lowest BCUT2D eigenvalue weighted by atomic mass is 10.0. The quantitative estimate of drug-likeness (QED) is 0.568. The summed E-state index contributed by atoms with van der Waals surface area (Å²) in [4.78, 5) is 47.6. The van der Waals surface area contributed by atoms with Gasteiger partial charge in [0.2, 0.25) is 5.91 Å². The Morgan fingerprint density at radius 1 is 1.06 bits per heavy atom. The third-order valence-corrected chi connectivity index (χ3v) is 5.56. The summed E-state index contributed by atoms with van der Waals surface area (Å²) in [6.07, 6.45) is 0. The van der Waals surface area contributed by atoms with Crippen LogP contribution in [-0.4, -0.2) is 38.8 Å². The lowest BCUT2D eigenvalue weighted by molar-refractivity contribution is -0.136. The maximum Gasteiger partial charge on any atom is 0.258 e. The Hall–Kier alpha value is -3.19. The summed E-state index contributed by atoms with van der Waals surface area (Å²) in [5.41, 5.74) is 0.619. The average Bonchev–Trinajstić information content (AvgIpc) is 2.75. The third kappa shape index (κ3) is 5.16. The fourth-order valence-corrected chi connectivity index (χ4v) is 3.66. The average molecular weight is 455 g/mol. The Kier molecular flexibility index (Phi) is 7.30. The van der Waals surface area contributed by atoms with E-state index in [0.29, 0.717) is 27.3 Å². The maximum absolute atomic E-state index is 13.5. The monoisotopic (exact) mass is 454 g/mol. The molecule has 1 heterocycles. The first-order valence-electron chi connectivity index (χ1n) is 10.5. The number of nitrogens with one attached hydrogen (secondary N) is 2. The molecule has 32 heavy (non-hydrogen) atoms. The number of carbonyl (C=O) groups excluding carboxylic acids is 2. The van der Waals surface area contributed by atoms with Crippen molar-refractivity contribution in [3.05, 3.63) is 75.3 Å². The Morgan fingerprint density at radius 3 is 2.38 bits per heavy atom. The number of hydrogen-bond donors (Lipinski definition) is 2. The predicted octanol–water partition coefficient (Wildman–Crippen LogP) is 3.77. The molecule has 7 nitrogen and oxygen atoms in total. The minimum Gasteiger partial charge on any atom is -0.340 e. The van der Waals surface area contributed by atoms with E-state index < -0.39 is 11.9 Å². The Labute approximate surface area is 191 Å². The van der Waals surface area contributed by atoms with E-state index in [1.54, 1.807) is 47.4 Å². The maximum atomic E-state index is 13.5. The van der Waals surface area contributed by atoms with Crippen LogP contribution in [0.5, 0.6) is 0 Å². The number of H-pyrrole nitrogens is 1. The Balaban J connectivity index is 1.87. The molecule has 3 rings (SSSR count). The van der Waals surface area contributed by atoms with E-state index in [0.717, 1.165) is 0 Å². The second-order valence-electron chi connectivity index (χ2n) is 8.26.